The predicted octanol–water partition coefficient (Wildman–Crippen LogP) is 3.53. The summed E-state index contributed by atoms with van der Waals surface area (Å²) >= 11 is 3.50. The lowest BCUT2D eigenvalue weighted by atomic mass is 10.2. The topological polar surface area (TPSA) is 24.9 Å². The summed E-state index contributed by atoms with van der Waals surface area (Å²) < 4.78 is 0. The van der Waals surface area contributed by atoms with Crippen LogP contribution in [0.5, 0.6) is 0 Å². The molecule has 14 heavy (non-hydrogen) atoms. The Morgan fingerprint density at radius 3 is 2.57 bits per heavy atom. The number of hydrogen-bond donors (Lipinski definition) is 1. The number of rotatable bonds is 2. The first-order valence-electron chi connectivity index (χ1n) is 4.42. The average molecular weight is 224 g/mol. The van der Waals surface area contributed by atoms with Gasteiger partial charge < -0.3 is 5.32 Å². The Balaban J connectivity index is 2.51. The van der Waals surface area contributed by atoms with Crippen molar-refractivity contribution in [3.05, 3.63) is 22.7 Å². The van der Waals surface area contributed by atoms with Gasteiger partial charge in [-0.1, -0.05) is 11.3 Å². The van der Waals surface area contributed by atoms with E-state index in [0.29, 0.717) is 0 Å². The van der Waals surface area contributed by atoms with E-state index in [1.54, 1.807) is 22.7 Å². The molecule has 1 N–H and O–H groups in total. The Kier molecular flexibility index (Phi) is 2.56. The molecule has 0 radical (unpaired) electrons. The SMILES string of the molecule is CNc1nc(C)c(-c2sccc2C)s1. The van der Waals surface area contributed by atoms with Crippen LogP contribution in [0.4, 0.5) is 5.13 Å². The molecular formula is C10H12N2S2. The molecule has 2 rings (SSSR count). The van der Waals surface area contributed by atoms with Crippen molar-refractivity contribution in [2.45, 2.75) is 13.8 Å². The number of aromatic nitrogens is 1. The minimum Gasteiger partial charge on any atom is -0.365 e. The molecule has 2 nitrogen and oxygen atoms in total. The smallest absolute Gasteiger partial charge is 0.183 e. The molecule has 2 heterocycles. The number of anilines is 1. The molecule has 0 aliphatic heterocycles. The maximum atomic E-state index is 4.44. The molecule has 0 aliphatic carbocycles. The van der Waals surface area contributed by atoms with Crippen molar-refractivity contribution < 1.29 is 0 Å². The van der Waals surface area contributed by atoms with Gasteiger partial charge in [0.2, 0.25) is 0 Å². The summed E-state index contributed by atoms with van der Waals surface area (Å²) in [6.07, 6.45) is 0. The molecule has 74 valence electrons. The maximum absolute atomic E-state index is 4.44. The van der Waals surface area contributed by atoms with Gasteiger partial charge in [0.15, 0.2) is 5.13 Å². The highest BCUT2D eigenvalue weighted by Crippen LogP contribution is 2.37. The molecule has 0 amide bonds. The van der Waals surface area contributed by atoms with Gasteiger partial charge in [0.25, 0.3) is 0 Å². The van der Waals surface area contributed by atoms with Gasteiger partial charge in [-0.25, -0.2) is 4.98 Å². The Hall–Kier alpha value is -0.870. The van der Waals surface area contributed by atoms with Crippen LogP contribution in [0.25, 0.3) is 9.75 Å². The molecule has 0 saturated carbocycles. The molecule has 2 aromatic rings. The van der Waals surface area contributed by atoms with Crippen LogP contribution in [0.15, 0.2) is 11.4 Å². The second kappa shape index (κ2) is 3.71. The molecule has 2 aromatic heterocycles. The summed E-state index contributed by atoms with van der Waals surface area (Å²) in [5.41, 5.74) is 2.45. The lowest BCUT2D eigenvalue weighted by molar-refractivity contribution is 1.25. The van der Waals surface area contributed by atoms with Crippen LogP contribution >= 0.6 is 22.7 Å². The number of thiophene rings is 1. The van der Waals surface area contributed by atoms with Crippen LogP contribution in [0.2, 0.25) is 0 Å². The second-order valence-electron chi connectivity index (χ2n) is 3.12. The van der Waals surface area contributed by atoms with E-state index in [2.05, 4.69) is 35.6 Å². The second-order valence-corrected chi connectivity index (χ2v) is 5.03. The van der Waals surface area contributed by atoms with E-state index < -0.39 is 0 Å². The summed E-state index contributed by atoms with van der Waals surface area (Å²) in [5.74, 6) is 0. The molecule has 0 fully saturated rings. The van der Waals surface area contributed by atoms with Gasteiger partial charge >= 0.3 is 0 Å². The fraction of sp³-hybridized carbons (Fsp3) is 0.300. The van der Waals surface area contributed by atoms with Gasteiger partial charge in [-0.3, -0.25) is 0 Å². The molecule has 0 spiro atoms. The standard InChI is InChI=1S/C10H12N2S2/c1-6-4-5-13-8(6)9-7(2)12-10(11-3)14-9/h4-5H,1-3H3,(H,11,12). The number of nitrogens with one attached hydrogen (secondary N) is 1. The van der Waals surface area contributed by atoms with Crippen LogP contribution in [-0.4, -0.2) is 12.0 Å². The maximum Gasteiger partial charge on any atom is 0.183 e. The molecule has 0 aliphatic rings. The summed E-state index contributed by atoms with van der Waals surface area (Å²) in [7, 11) is 1.91. The number of aryl methyl sites for hydroxylation is 2. The molecular weight excluding hydrogens is 212 g/mol. The number of hydrogen-bond acceptors (Lipinski definition) is 4. The zero-order valence-electron chi connectivity index (χ0n) is 8.42. The molecule has 0 saturated heterocycles. The number of thiazole rings is 1. The fourth-order valence-electron chi connectivity index (χ4n) is 1.32. The van der Waals surface area contributed by atoms with Gasteiger partial charge in [-0.15, -0.1) is 11.3 Å². The van der Waals surface area contributed by atoms with Crippen molar-refractivity contribution >= 4 is 27.8 Å². The van der Waals surface area contributed by atoms with Crippen molar-refractivity contribution in [3.8, 4) is 9.75 Å². The van der Waals surface area contributed by atoms with Gasteiger partial charge in [0.1, 0.15) is 0 Å². The molecule has 0 bridgehead atoms. The van der Waals surface area contributed by atoms with Gasteiger partial charge in [0, 0.05) is 11.9 Å². The van der Waals surface area contributed by atoms with Crippen LogP contribution < -0.4 is 5.32 Å². The minimum atomic E-state index is 0.991. The minimum absolute atomic E-state index is 0.991. The van der Waals surface area contributed by atoms with Crippen LogP contribution in [0, 0.1) is 13.8 Å². The lowest BCUT2D eigenvalue weighted by Gasteiger charge is -1.94. The highest BCUT2D eigenvalue weighted by molar-refractivity contribution is 7.23. The Morgan fingerprint density at radius 1 is 1.29 bits per heavy atom. The molecule has 0 aromatic carbocycles. The largest absolute Gasteiger partial charge is 0.365 e. The Bertz CT molecular complexity index is 443. The Labute approximate surface area is 91.6 Å². The first kappa shape index (κ1) is 9.68. The van der Waals surface area contributed by atoms with Gasteiger partial charge in [-0.2, -0.15) is 0 Å². The van der Waals surface area contributed by atoms with E-state index >= 15 is 0 Å². The molecule has 0 unspecified atom stereocenters. The Morgan fingerprint density at radius 2 is 2.07 bits per heavy atom. The highest BCUT2D eigenvalue weighted by atomic mass is 32.1. The van der Waals surface area contributed by atoms with Gasteiger partial charge in [0.05, 0.1) is 10.6 Å². The average Bonchev–Trinajstić information content (AvgIpc) is 2.72. The van der Waals surface area contributed by atoms with E-state index in [0.717, 1.165) is 10.8 Å². The fourth-order valence-corrected chi connectivity index (χ4v) is 3.43. The predicted molar refractivity (Wildman–Crippen MR) is 64.4 cm³/mol. The van der Waals surface area contributed by atoms with E-state index in [1.165, 1.54) is 15.3 Å². The summed E-state index contributed by atoms with van der Waals surface area (Å²) in [5, 5.41) is 6.20. The van der Waals surface area contributed by atoms with E-state index in [1.807, 2.05) is 7.05 Å². The van der Waals surface area contributed by atoms with E-state index in [9.17, 15) is 0 Å². The third kappa shape index (κ3) is 1.55. The first-order valence-corrected chi connectivity index (χ1v) is 6.11. The third-order valence-corrected chi connectivity index (χ3v) is 4.43. The zero-order valence-corrected chi connectivity index (χ0v) is 10.1. The first-order chi connectivity index (χ1) is 6.72. The van der Waals surface area contributed by atoms with Crippen LogP contribution in [-0.2, 0) is 0 Å². The quantitative estimate of drug-likeness (QED) is 0.844. The van der Waals surface area contributed by atoms with Gasteiger partial charge in [-0.05, 0) is 30.9 Å². The summed E-state index contributed by atoms with van der Waals surface area (Å²) in [6.45, 7) is 4.20. The molecule has 0 atom stereocenters. The summed E-state index contributed by atoms with van der Waals surface area (Å²) in [4.78, 5) is 7.08. The van der Waals surface area contributed by atoms with Crippen molar-refractivity contribution in [1.29, 1.82) is 0 Å². The van der Waals surface area contributed by atoms with Crippen LogP contribution in [0.3, 0.4) is 0 Å². The normalized spacial score (nSPS) is 10.5. The highest BCUT2D eigenvalue weighted by Gasteiger charge is 2.11. The third-order valence-electron chi connectivity index (χ3n) is 2.08. The van der Waals surface area contributed by atoms with Crippen molar-refractivity contribution in [2.24, 2.45) is 0 Å². The van der Waals surface area contributed by atoms with E-state index in [4.69, 9.17) is 0 Å². The molecule has 4 heteroatoms. The van der Waals surface area contributed by atoms with Crippen molar-refractivity contribution in [1.82, 2.24) is 4.98 Å². The van der Waals surface area contributed by atoms with E-state index in [-0.39, 0.29) is 0 Å². The van der Waals surface area contributed by atoms with Crippen molar-refractivity contribution in [3.63, 3.8) is 0 Å². The van der Waals surface area contributed by atoms with Crippen molar-refractivity contribution in [2.75, 3.05) is 12.4 Å². The summed E-state index contributed by atoms with van der Waals surface area (Å²) in [6, 6.07) is 2.15. The zero-order chi connectivity index (χ0) is 10.1. The number of nitrogens with zero attached hydrogens (tertiary/aromatic N) is 1. The lowest BCUT2D eigenvalue weighted by Crippen LogP contribution is -1.84. The van der Waals surface area contributed by atoms with Crippen LogP contribution in [0.1, 0.15) is 11.3 Å². The monoisotopic (exact) mass is 224 g/mol.